The van der Waals surface area contributed by atoms with Crippen LogP contribution in [0.2, 0.25) is 0 Å². The summed E-state index contributed by atoms with van der Waals surface area (Å²) in [4.78, 5) is 0. The normalized spacial score (nSPS) is 9.33. The third kappa shape index (κ3) is 14.6. The van der Waals surface area contributed by atoms with E-state index in [1.54, 1.807) is 6.08 Å². The van der Waals surface area contributed by atoms with E-state index in [0.29, 0.717) is 5.41 Å². The first-order valence-electron chi connectivity index (χ1n) is 13.1. The number of allylic oxidation sites excluding steroid dienone is 2. The summed E-state index contributed by atoms with van der Waals surface area (Å²) in [6.45, 7) is 32.6. The van der Waals surface area contributed by atoms with Crippen LogP contribution in [0.25, 0.3) is 11.1 Å². The lowest BCUT2D eigenvalue weighted by atomic mass is 9.82. The molecule has 0 heterocycles. The lowest BCUT2D eigenvalue weighted by Crippen LogP contribution is -2.10. The zero-order valence-corrected chi connectivity index (χ0v) is 24.4. The Kier molecular flexibility index (Phi) is 23.4. The quantitative estimate of drug-likeness (QED) is 0.382. The first-order valence-corrected chi connectivity index (χ1v) is 13.1. The third-order valence-electron chi connectivity index (χ3n) is 5.42. The molecule has 0 nitrogen and oxygen atoms in total. The van der Waals surface area contributed by atoms with Crippen molar-refractivity contribution >= 4 is 0 Å². The molecule has 0 aliphatic rings. The minimum absolute atomic E-state index is 0.356. The Labute approximate surface area is 209 Å². The maximum Gasteiger partial charge on any atom is -0.0149 e. The van der Waals surface area contributed by atoms with Crippen LogP contribution in [0.1, 0.15) is 106 Å². The van der Waals surface area contributed by atoms with Crippen molar-refractivity contribution in [2.75, 3.05) is 0 Å². The van der Waals surface area contributed by atoms with Crippen molar-refractivity contribution in [2.45, 2.75) is 109 Å². The Morgan fingerprint density at radius 2 is 1.39 bits per heavy atom. The molecular weight excluding hydrogens is 396 g/mol. The zero-order chi connectivity index (χ0) is 26.4. The highest BCUT2D eigenvalue weighted by molar-refractivity contribution is 5.70. The Morgan fingerprint density at radius 1 is 0.879 bits per heavy atom. The minimum Gasteiger partial charge on any atom is -0.103 e. The van der Waals surface area contributed by atoms with E-state index in [9.17, 15) is 0 Å². The van der Waals surface area contributed by atoms with Crippen LogP contribution >= 0.6 is 0 Å². The molecule has 0 N–H and O–H groups in total. The summed E-state index contributed by atoms with van der Waals surface area (Å²) in [5, 5.41) is 0. The molecule has 0 aliphatic heterocycles. The summed E-state index contributed by atoms with van der Waals surface area (Å²) in [5.41, 5.74) is 8.65. The molecule has 0 amide bonds. The second-order valence-electron chi connectivity index (χ2n) is 8.34. The topological polar surface area (TPSA) is 0 Å². The minimum atomic E-state index is 0.356. The van der Waals surface area contributed by atoms with E-state index in [2.05, 4.69) is 104 Å². The molecule has 33 heavy (non-hydrogen) atoms. The summed E-state index contributed by atoms with van der Waals surface area (Å²) in [6, 6.07) is 15.5. The predicted octanol–water partition coefficient (Wildman–Crippen LogP) is 11.4. The maximum absolute atomic E-state index is 3.95. The van der Waals surface area contributed by atoms with Crippen molar-refractivity contribution in [2.24, 2.45) is 5.41 Å². The van der Waals surface area contributed by atoms with E-state index in [-0.39, 0.29) is 0 Å². The van der Waals surface area contributed by atoms with Gasteiger partial charge in [0.1, 0.15) is 0 Å². The van der Waals surface area contributed by atoms with Crippen LogP contribution in [-0.2, 0) is 12.8 Å². The molecule has 0 aromatic heterocycles. The number of hydrogen-bond acceptors (Lipinski definition) is 0. The highest BCUT2D eigenvalue weighted by Crippen LogP contribution is 2.29. The summed E-state index contributed by atoms with van der Waals surface area (Å²) in [7, 11) is 0. The van der Waals surface area contributed by atoms with Crippen LogP contribution in [0.5, 0.6) is 0 Å². The van der Waals surface area contributed by atoms with Crippen molar-refractivity contribution in [3.05, 3.63) is 84.0 Å². The molecule has 2 aromatic carbocycles. The van der Waals surface area contributed by atoms with Crippen molar-refractivity contribution in [1.82, 2.24) is 0 Å². The van der Waals surface area contributed by atoms with E-state index in [0.717, 1.165) is 12.8 Å². The van der Waals surface area contributed by atoms with E-state index in [1.165, 1.54) is 46.2 Å². The van der Waals surface area contributed by atoms with Crippen LogP contribution in [0.4, 0.5) is 0 Å². The van der Waals surface area contributed by atoms with Crippen molar-refractivity contribution < 1.29 is 0 Å². The molecule has 0 radical (unpaired) electrons. The molecule has 0 unspecified atom stereocenters. The average molecular weight is 453 g/mol. The Hall–Kier alpha value is -2.08. The number of rotatable bonds is 6. The molecule has 2 rings (SSSR count). The third-order valence-corrected chi connectivity index (χ3v) is 5.42. The monoisotopic (exact) mass is 452 g/mol. The van der Waals surface area contributed by atoms with Gasteiger partial charge in [-0.2, -0.15) is 0 Å². The number of hydrogen-bond donors (Lipinski definition) is 0. The van der Waals surface area contributed by atoms with Gasteiger partial charge in [-0.1, -0.05) is 129 Å². The van der Waals surface area contributed by atoms with Gasteiger partial charge in [0.15, 0.2) is 0 Å². The van der Waals surface area contributed by atoms with Gasteiger partial charge < -0.3 is 0 Å². The summed E-state index contributed by atoms with van der Waals surface area (Å²) in [5.74, 6) is 0. The average Bonchev–Trinajstić information content (AvgIpc) is 2.82. The fourth-order valence-corrected chi connectivity index (χ4v) is 3.14. The lowest BCUT2D eigenvalue weighted by molar-refractivity contribution is 0.404. The zero-order valence-electron chi connectivity index (χ0n) is 24.4. The molecule has 0 aliphatic carbocycles. The summed E-state index contributed by atoms with van der Waals surface area (Å²) >= 11 is 0. The second-order valence-corrected chi connectivity index (χ2v) is 8.34. The van der Waals surface area contributed by atoms with Crippen molar-refractivity contribution in [1.29, 1.82) is 0 Å². The van der Waals surface area contributed by atoms with Gasteiger partial charge in [-0.15, -0.1) is 6.58 Å². The van der Waals surface area contributed by atoms with Crippen LogP contribution < -0.4 is 0 Å². The first kappa shape index (κ1) is 35.5. The van der Waals surface area contributed by atoms with E-state index in [4.69, 9.17) is 0 Å². The van der Waals surface area contributed by atoms with Gasteiger partial charge in [0.25, 0.3) is 0 Å². The number of benzene rings is 2. The van der Waals surface area contributed by atoms with Crippen LogP contribution in [-0.4, -0.2) is 0 Å². The predicted molar refractivity (Wildman–Crippen MR) is 157 cm³/mol. The molecule has 2 aromatic rings. The van der Waals surface area contributed by atoms with Gasteiger partial charge in [-0.3, -0.25) is 0 Å². The fraction of sp³-hybridized carbons (Fsp3) is 0.515. The van der Waals surface area contributed by atoms with E-state index in [1.807, 2.05) is 34.6 Å². The SMILES string of the molecule is C=C(C)C(C)(C)CCC.C=CC.CC.CC.CCc1ccc(-c2ccccc2C)c(CC)c1. The number of aryl methyl sites for hydroxylation is 3. The molecule has 0 saturated carbocycles. The Morgan fingerprint density at radius 3 is 1.76 bits per heavy atom. The largest absolute Gasteiger partial charge is 0.103 e. The highest BCUT2D eigenvalue weighted by atomic mass is 14.2. The van der Waals surface area contributed by atoms with Gasteiger partial charge >= 0.3 is 0 Å². The van der Waals surface area contributed by atoms with E-state index >= 15 is 0 Å². The van der Waals surface area contributed by atoms with Gasteiger partial charge in [-0.05, 0) is 73.3 Å². The molecule has 0 heteroatoms. The maximum atomic E-state index is 3.95. The van der Waals surface area contributed by atoms with Gasteiger partial charge in [0.2, 0.25) is 0 Å². The molecular formula is C33H56. The van der Waals surface area contributed by atoms with Crippen molar-refractivity contribution in [3.8, 4) is 11.1 Å². The van der Waals surface area contributed by atoms with Crippen LogP contribution in [0, 0.1) is 12.3 Å². The smallest absolute Gasteiger partial charge is 0.0149 e. The van der Waals surface area contributed by atoms with E-state index < -0.39 is 0 Å². The van der Waals surface area contributed by atoms with Gasteiger partial charge in [-0.25, -0.2) is 0 Å². The van der Waals surface area contributed by atoms with Crippen LogP contribution in [0.15, 0.2) is 67.3 Å². The summed E-state index contributed by atoms with van der Waals surface area (Å²) in [6.07, 6.45) is 6.46. The second kappa shape index (κ2) is 21.7. The standard InChI is InChI=1S/C17H20.C9H18.C3H6.2C2H6/c1-4-14-10-11-17(15(5-2)12-14)16-9-7-6-8-13(16)3;1-6-7-9(4,5)8(2)3;1-3-2;2*1-2/h6-12H,4-5H2,1-3H3;2,6-7H2,1,3-5H3;3H,1H2,2H3;2*1-2H3. The van der Waals surface area contributed by atoms with Crippen LogP contribution in [0.3, 0.4) is 0 Å². The highest BCUT2D eigenvalue weighted by Gasteiger charge is 2.16. The molecule has 0 spiro atoms. The van der Waals surface area contributed by atoms with Gasteiger partial charge in [0, 0.05) is 0 Å². The van der Waals surface area contributed by atoms with Gasteiger partial charge in [0.05, 0.1) is 0 Å². The molecule has 0 bridgehead atoms. The lowest BCUT2D eigenvalue weighted by Gasteiger charge is -2.23. The molecule has 188 valence electrons. The first-order chi connectivity index (χ1) is 15.7. The molecule has 0 saturated heterocycles. The fourth-order valence-electron chi connectivity index (χ4n) is 3.14. The molecule has 0 fully saturated rings. The molecule has 0 atom stereocenters. The Bertz CT molecular complexity index is 746. The Balaban J connectivity index is -0.000000477. The van der Waals surface area contributed by atoms with Crippen molar-refractivity contribution in [3.63, 3.8) is 0 Å². The summed E-state index contributed by atoms with van der Waals surface area (Å²) < 4.78 is 0.